The quantitative estimate of drug-likeness (QED) is 0.380. The summed E-state index contributed by atoms with van der Waals surface area (Å²) in [5, 5.41) is 5.99. The molecule has 3 aromatic carbocycles. The van der Waals surface area contributed by atoms with Crippen LogP contribution in [-0.2, 0) is 16.0 Å². The number of halogens is 2. The van der Waals surface area contributed by atoms with Crippen LogP contribution in [0.5, 0.6) is 11.5 Å². The second-order valence-corrected chi connectivity index (χ2v) is 8.83. The smallest absolute Gasteiger partial charge is 0.283 e. The van der Waals surface area contributed by atoms with Gasteiger partial charge in [-0.2, -0.15) is 0 Å². The third kappa shape index (κ3) is 5.71. The number of hydrogen-bond acceptors (Lipinski definition) is 6. The zero-order valence-corrected chi connectivity index (χ0v) is 21.5. The van der Waals surface area contributed by atoms with Crippen LogP contribution in [0.4, 0.5) is 11.4 Å². The zero-order chi connectivity index (χ0) is 26.5. The van der Waals surface area contributed by atoms with Gasteiger partial charge in [0.15, 0.2) is 11.5 Å². The number of nitrogens with zero attached hydrogens (tertiary/aromatic N) is 1. The van der Waals surface area contributed by atoms with Gasteiger partial charge in [-0.1, -0.05) is 35.3 Å². The van der Waals surface area contributed by atoms with E-state index in [1.807, 2.05) is 18.2 Å². The Bertz CT molecular complexity index is 1390. The first-order valence-electron chi connectivity index (χ1n) is 11.2. The van der Waals surface area contributed by atoms with Gasteiger partial charge in [0.2, 0.25) is 0 Å². The van der Waals surface area contributed by atoms with Crippen molar-refractivity contribution < 1.29 is 23.9 Å². The molecule has 190 valence electrons. The average molecular weight is 540 g/mol. The molecule has 0 atom stereocenters. The van der Waals surface area contributed by atoms with Crippen molar-refractivity contribution in [2.45, 2.75) is 6.42 Å². The van der Waals surface area contributed by atoms with Gasteiger partial charge in [0.05, 0.1) is 19.9 Å². The molecule has 8 nitrogen and oxygen atoms in total. The average Bonchev–Trinajstić information content (AvgIpc) is 3.12. The highest BCUT2D eigenvalue weighted by molar-refractivity contribution is 6.53. The molecule has 0 aromatic heterocycles. The van der Waals surface area contributed by atoms with Gasteiger partial charge < -0.3 is 20.1 Å². The topological polar surface area (TPSA) is 97.0 Å². The predicted molar refractivity (Wildman–Crippen MR) is 142 cm³/mol. The summed E-state index contributed by atoms with van der Waals surface area (Å²) >= 11 is 12.1. The summed E-state index contributed by atoms with van der Waals surface area (Å²) in [6.45, 7) is 0.395. The lowest BCUT2D eigenvalue weighted by atomic mass is 10.1. The first-order chi connectivity index (χ1) is 17.8. The number of imide groups is 1. The van der Waals surface area contributed by atoms with Gasteiger partial charge in [-0.15, -0.1) is 0 Å². The highest BCUT2D eigenvalue weighted by Gasteiger charge is 2.39. The number of methoxy groups -OCH3 is 2. The summed E-state index contributed by atoms with van der Waals surface area (Å²) in [6, 6.07) is 18.4. The van der Waals surface area contributed by atoms with E-state index in [1.54, 1.807) is 62.8 Å². The lowest BCUT2D eigenvalue weighted by Gasteiger charge is -2.15. The van der Waals surface area contributed by atoms with Crippen LogP contribution in [0, 0.1) is 0 Å². The molecule has 3 amide bonds. The van der Waals surface area contributed by atoms with Crippen molar-refractivity contribution in [3.8, 4) is 11.5 Å². The largest absolute Gasteiger partial charge is 0.493 e. The van der Waals surface area contributed by atoms with E-state index in [9.17, 15) is 14.4 Å². The van der Waals surface area contributed by atoms with Crippen molar-refractivity contribution in [2.24, 2.45) is 0 Å². The van der Waals surface area contributed by atoms with Crippen LogP contribution in [0.15, 0.2) is 77.5 Å². The molecule has 1 heterocycles. The number of benzene rings is 3. The molecule has 0 bridgehead atoms. The van der Waals surface area contributed by atoms with Crippen LogP contribution in [0.1, 0.15) is 15.9 Å². The summed E-state index contributed by atoms with van der Waals surface area (Å²) in [5.74, 6) is -0.301. The van der Waals surface area contributed by atoms with Gasteiger partial charge in [0.25, 0.3) is 17.7 Å². The number of anilines is 2. The maximum absolute atomic E-state index is 13.0. The monoisotopic (exact) mass is 539 g/mol. The van der Waals surface area contributed by atoms with Crippen LogP contribution in [0.25, 0.3) is 0 Å². The molecule has 4 rings (SSSR count). The summed E-state index contributed by atoms with van der Waals surface area (Å²) in [5.41, 5.74) is 2.05. The maximum atomic E-state index is 13.0. The van der Waals surface area contributed by atoms with Crippen molar-refractivity contribution in [1.82, 2.24) is 5.32 Å². The maximum Gasteiger partial charge on any atom is 0.283 e. The van der Waals surface area contributed by atoms with Crippen molar-refractivity contribution in [3.05, 3.63) is 93.6 Å². The Labute approximate surface area is 223 Å². The minimum absolute atomic E-state index is 0.0763. The van der Waals surface area contributed by atoms with E-state index in [0.29, 0.717) is 46.4 Å². The molecule has 0 aliphatic carbocycles. The molecule has 2 N–H and O–H groups in total. The number of rotatable bonds is 9. The first kappa shape index (κ1) is 26.1. The van der Waals surface area contributed by atoms with E-state index >= 15 is 0 Å². The number of carbonyl (C=O) groups excluding carboxylic acids is 3. The Morgan fingerprint density at radius 3 is 2.32 bits per heavy atom. The fraction of sp³-hybridized carbons (Fsp3) is 0.148. The summed E-state index contributed by atoms with van der Waals surface area (Å²) in [6.07, 6.45) is 0.587. The molecule has 0 saturated carbocycles. The second-order valence-electron chi connectivity index (χ2n) is 8.01. The molecule has 0 unspecified atom stereocenters. The van der Waals surface area contributed by atoms with Gasteiger partial charge in [0, 0.05) is 22.8 Å². The van der Waals surface area contributed by atoms with E-state index in [1.165, 1.54) is 0 Å². The Morgan fingerprint density at radius 1 is 0.892 bits per heavy atom. The molecule has 3 aromatic rings. The van der Waals surface area contributed by atoms with Crippen molar-refractivity contribution >= 4 is 52.3 Å². The van der Waals surface area contributed by atoms with Crippen molar-refractivity contribution in [2.75, 3.05) is 31.0 Å². The molecule has 0 saturated heterocycles. The van der Waals surface area contributed by atoms with Gasteiger partial charge in [0.1, 0.15) is 10.7 Å². The summed E-state index contributed by atoms with van der Waals surface area (Å²) < 4.78 is 10.6. The molecule has 37 heavy (non-hydrogen) atoms. The van der Waals surface area contributed by atoms with Crippen molar-refractivity contribution in [1.29, 1.82) is 0 Å². The van der Waals surface area contributed by atoms with E-state index in [2.05, 4.69) is 10.6 Å². The zero-order valence-electron chi connectivity index (χ0n) is 20.0. The van der Waals surface area contributed by atoms with Gasteiger partial charge in [-0.25, -0.2) is 4.90 Å². The molecule has 1 aliphatic rings. The minimum Gasteiger partial charge on any atom is -0.493 e. The van der Waals surface area contributed by atoms with Crippen LogP contribution in [0.3, 0.4) is 0 Å². The van der Waals surface area contributed by atoms with Gasteiger partial charge in [-0.05, 0) is 66.6 Å². The predicted octanol–water partition coefficient (Wildman–Crippen LogP) is 4.77. The molecule has 0 fully saturated rings. The molecule has 1 aliphatic heterocycles. The Kier molecular flexibility index (Phi) is 8.01. The summed E-state index contributed by atoms with van der Waals surface area (Å²) in [7, 11) is 3.14. The van der Waals surface area contributed by atoms with E-state index < -0.39 is 11.8 Å². The third-order valence-electron chi connectivity index (χ3n) is 5.65. The second kappa shape index (κ2) is 11.4. The Morgan fingerprint density at radius 2 is 1.62 bits per heavy atom. The standard InChI is InChI=1S/C27H23Cl2N3O5/c1-36-21-11-6-16(14-22(21)37-2)12-13-30-25(33)17-4-3-5-19(15-17)31-24-23(29)26(34)32(27(24)35)20-9-7-18(28)8-10-20/h3-11,14-15,31H,12-13H2,1-2H3,(H,30,33). The van der Waals surface area contributed by atoms with Crippen LogP contribution in [-0.4, -0.2) is 38.5 Å². The Balaban J connectivity index is 1.40. The lowest BCUT2D eigenvalue weighted by molar-refractivity contribution is -0.120. The molecular weight excluding hydrogens is 517 g/mol. The van der Waals surface area contributed by atoms with E-state index in [4.69, 9.17) is 32.7 Å². The molecule has 10 heteroatoms. The Hall–Kier alpha value is -4.01. The first-order valence-corrected chi connectivity index (χ1v) is 12.0. The summed E-state index contributed by atoms with van der Waals surface area (Å²) in [4.78, 5) is 39.3. The van der Waals surface area contributed by atoms with Crippen LogP contribution < -0.4 is 25.0 Å². The SMILES string of the molecule is COc1ccc(CCNC(=O)c2cccc(NC3=C(Cl)C(=O)N(c4ccc(Cl)cc4)C3=O)c2)cc1OC. The molecule has 0 radical (unpaired) electrons. The normalized spacial score (nSPS) is 13.1. The number of nitrogens with one attached hydrogen (secondary N) is 2. The lowest BCUT2D eigenvalue weighted by Crippen LogP contribution is -2.32. The number of hydrogen-bond donors (Lipinski definition) is 2. The van der Waals surface area contributed by atoms with E-state index in [-0.39, 0.29) is 16.6 Å². The third-order valence-corrected chi connectivity index (χ3v) is 6.26. The number of amides is 3. The fourth-order valence-electron chi connectivity index (χ4n) is 3.78. The van der Waals surface area contributed by atoms with Crippen molar-refractivity contribution in [3.63, 3.8) is 0 Å². The van der Waals surface area contributed by atoms with Crippen LogP contribution >= 0.6 is 23.2 Å². The molecule has 0 spiro atoms. The highest BCUT2D eigenvalue weighted by Crippen LogP contribution is 2.31. The molecular formula is C27H23Cl2N3O5. The minimum atomic E-state index is -0.652. The fourth-order valence-corrected chi connectivity index (χ4v) is 4.12. The highest BCUT2D eigenvalue weighted by atomic mass is 35.5. The van der Waals surface area contributed by atoms with E-state index in [0.717, 1.165) is 10.5 Å². The van der Waals surface area contributed by atoms with Crippen LogP contribution in [0.2, 0.25) is 5.02 Å². The number of ether oxygens (including phenoxy) is 2. The number of carbonyl (C=O) groups is 3. The van der Waals surface area contributed by atoms with Gasteiger partial charge in [-0.3, -0.25) is 14.4 Å². The van der Waals surface area contributed by atoms with Gasteiger partial charge >= 0.3 is 0 Å².